The predicted octanol–water partition coefficient (Wildman–Crippen LogP) is 5.14. The van der Waals surface area contributed by atoms with Crippen LogP contribution < -0.4 is 4.74 Å². The monoisotopic (exact) mass is 346 g/mol. The summed E-state index contributed by atoms with van der Waals surface area (Å²) < 4.78 is 6.65. The third-order valence-corrected chi connectivity index (χ3v) is 3.81. The first-order chi connectivity index (χ1) is 9.90. The molecule has 2 aromatic rings. The summed E-state index contributed by atoms with van der Waals surface area (Å²) in [6, 6.07) is 13.8. The molecule has 0 radical (unpaired) electrons. The third-order valence-electron chi connectivity index (χ3n) is 3.32. The lowest BCUT2D eigenvalue weighted by Crippen LogP contribution is -2.10. The van der Waals surface area contributed by atoms with Gasteiger partial charge in [-0.2, -0.15) is 0 Å². The average molecular weight is 347 g/mol. The molecule has 0 amide bonds. The Hall–Kier alpha value is -1.61. The Morgan fingerprint density at radius 3 is 2.33 bits per heavy atom. The molecular formula is C18H19BrO2. The van der Waals surface area contributed by atoms with Crippen LogP contribution in [0.25, 0.3) is 0 Å². The van der Waals surface area contributed by atoms with Crippen LogP contribution in [0.1, 0.15) is 42.3 Å². The Bertz CT molecular complexity index is 625. The maximum Gasteiger partial charge on any atom is 0.153 e. The smallest absolute Gasteiger partial charge is 0.153 e. The Labute approximate surface area is 134 Å². The molecule has 0 aliphatic carbocycles. The van der Waals surface area contributed by atoms with Crippen molar-refractivity contribution in [2.45, 2.75) is 32.8 Å². The highest BCUT2D eigenvalue weighted by Crippen LogP contribution is 2.25. The molecule has 0 saturated heterocycles. The number of carbonyl (C=O) groups excluding carboxylic acids is 1. The second kappa shape index (κ2) is 6.44. The number of aldehydes is 1. The number of ether oxygens (including phenoxy) is 1. The fourth-order valence-electron chi connectivity index (χ4n) is 1.99. The maximum absolute atomic E-state index is 11.0. The molecule has 0 atom stereocenters. The molecule has 0 N–H and O–H groups in total. The molecule has 0 unspecified atom stereocenters. The Morgan fingerprint density at radius 1 is 1.10 bits per heavy atom. The van der Waals surface area contributed by atoms with E-state index in [1.54, 1.807) is 6.07 Å². The van der Waals surface area contributed by atoms with Crippen LogP contribution in [-0.2, 0) is 12.0 Å². The van der Waals surface area contributed by atoms with Crippen molar-refractivity contribution < 1.29 is 9.53 Å². The first kappa shape index (κ1) is 15.8. The second-order valence-corrected chi connectivity index (χ2v) is 6.95. The number of benzene rings is 2. The molecule has 0 spiro atoms. The van der Waals surface area contributed by atoms with Crippen molar-refractivity contribution >= 4 is 22.2 Å². The van der Waals surface area contributed by atoms with E-state index in [-0.39, 0.29) is 5.41 Å². The van der Waals surface area contributed by atoms with Crippen molar-refractivity contribution in [3.05, 3.63) is 63.6 Å². The summed E-state index contributed by atoms with van der Waals surface area (Å²) in [5, 5.41) is 0. The normalized spacial score (nSPS) is 11.2. The van der Waals surface area contributed by atoms with Crippen molar-refractivity contribution in [1.82, 2.24) is 0 Å². The van der Waals surface area contributed by atoms with E-state index in [0.29, 0.717) is 17.9 Å². The van der Waals surface area contributed by atoms with Gasteiger partial charge in [0.05, 0.1) is 5.56 Å². The fraction of sp³-hybridized carbons (Fsp3) is 0.278. The summed E-state index contributed by atoms with van der Waals surface area (Å²) in [6.07, 6.45) is 0.810. The number of halogens is 1. The largest absolute Gasteiger partial charge is 0.488 e. The van der Waals surface area contributed by atoms with E-state index in [2.05, 4.69) is 61.0 Å². The van der Waals surface area contributed by atoms with Gasteiger partial charge in [0.15, 0.2) is 6.29 Å². The molecule has 110 valence electrons. The highest BCUT2D eigenvalue weighted by Gasteiger charge is 2.13. The molecule has 0 aliphatic rings. The van der Waals surface area contributed by atoms with Crippen molar-refractivity contribution in [3.63, 3.8) is 0 Å². The Balaban J connectivity index is 2.10. The van der Waals surface area contributed by atoms with E-state index < -0.39 is 0 Å². The molecule has 2 rings (SSSR count). The summed E-state index contributed by atoms with van der Waals surface area (Å²) in [7, 11) is 0. The zero-order chi connectivity index (χ0) is 15.5. The standard InChI is InChI=1S/C18H19BrO2/c1-18(2,3)15-7-4-13(5-8-15)12-21-17-10-16(19)9-6-14(17)11-20/h4-11H,12H2,1-3H3. The minimum Gasteiger partial charge on any atom is -0.488 e. The van der Waals surface area contributed by atoms with Crippen molar-refractivity contribution in [1.29, 1.82) is 0 Å². The van der Waals surface area contributed by atoms with Gasteiger partial charge in [-0.15, -0.1) is 0 Å². The summed E-state index contributed by atoms with van der Waals surface area (Å²) >= 11 is 3.39. The van der Waals surface area contributed by atoms with E-state index >= 15 is 0 Å². The van der Waals surface area contributed by atoms with E-state index in [0.717, 1.165) is 16.3 Å². The van der Waals surface area contributed by atoms with E-state index in [4.69, 9.17) is 4.74 Å². The van der Waals surface area contributed by atoms with Gasteiger partial charge in [-0.1, -0.05) is 61.0 Å². The zero-order valence-corrected chi connectivity index (χ0v) is 14.1. The van der Waals surface area contributed by atoms with Crippen LogP contribution in [-0.4, -0.2) is 6.29 Å². The lowest BCUT2D eigenvalue weighted by molar-refractivity contribution is 0.111. The van der Waals surface area contributed by atoms with Crippen LogP contribution in [0, 0.1) is 0 Å². The maximum atomic E-state index is 11.0. The highest BCUT2D eigenvalue weighted by atomic mass is 79.9. The van der Waals surface area contributed by atoms with Gasteiger partial charge in [0.2, 0.25) is 0 Å². The van der Waals surface area contributed by atoms with Gasteiger partial charge < -0.3 is 4.74 Å². The summed E-state index contributed by atoms with van der Waals surface area (Å²) in [6.45, 7) is 7.02. The molecule has 0 aliphatic heterocycles. The van der Waals surface area contributed by atoms with Gasteiger partial charge in [0.25, 0.3) is 0 Å². The van der Waals surface area contributed by atoms with Gasteiger partial charge in [0.1, 0.15) is 12.4 Å². The van der Waals surface area contributed by atoms with Crippen LogP contribution >= 0.6 is 15.9 Å². The molecule has 21 heavy (non-hydrogen) atoms. The van der Waals surface area contributed by atoms with Gasteiger partial charge in [-0.3, -0.25) is 4.79 Å². The molecule has 2 nitrogen and oxygen atoms in total. The predicted molar refractivity (Wildman–Crippen MR) is 89.0 cm³/mol. The van der Waals surface area contributed by atoms with Crippen LogP contribution in [0.4, 0.5) is 0 Å². The van der Waals surface area contributed by atoms with Crippen LogP contribution in [0.2, 0.25) is 0 Å². The van der Waals surface area contributed by atoms with E-state index in [1.165, 1.54) is 5.56 Å². The topological polar surface area (TPSA) is 26.3 Å². The van der Waals surface area contributed by atoms with E-state index in [9.17, 15) is 4.79 Å². The van der Waals surface area contributed by atoms with E-state index in [1.807, 2.05) is 12.1 Å². The third kappa shape index (κ3) is 4.18. The minimum atomic E-state index is 0.147. The lowest BCUT2D eigenvalue weighted by atomic mass is 9.87. The number of hydrogen-bond donors (Lipinski definition) is 0. The van der Waals surface area contributed by atoms with Gasteiger partial charge in [-0.25, -0.2) is 0 Å². The SMILES string of the molecule is CC(C)(C)c1ccc(COc2cc(Br)ccc2C=O)cc1. The molecule has 0 fully saturated rings. The van der Waals surface area contributed by atoms with Crippen molar-refractivity contribution in [3.8, 4) is 5.75 Å². The summed E-state index contributed by atoms with van der Waals surface area (Å²) in [4.78, 5) is 11.0. The molecule has 3 heteroatoms. The minimum absolute atomic E-state index is 0.147. The lowest BCUT2D eigenvalue weighted by Gasteiger charge is -2.19. The second-order valence-electron chi connectivity index (χ2n) is 6.04. The highest BCUT2D eigenvalue weighted by molar-refractivity contribution is 9.10. The quantitative estimate of drug-likeness (QED) is 0.716. The molecule has 0 saturated carbocycles. The number of hydrogen-bond acceptors (Lipinski definition) is 2. The van der Waals surface area contributed by atoms with Crippen LogP contribution in [0.5, 0.6) is 5.75 Å². The molecule has 0 bridgehead atoms. The zero-order valence-electron chi connectivity index (χ0n) is 12.5. The van der Waals surface area contributed by atoms with Gasteiger partial charge >= 0.3 is 0 Å². The molecule has 0 heterocycles. The Kier molecular flexibility index (Phi) is 4.84. The van der Waals surface area contributed by atoms with Crippen LogP contribution in [0.15, 0.2) is 46.9 Å². The van der Waals surface area contributed by atoms with Crippen molar-refractivity contribution in [2.24, 2.45) is 0 Å². The number of carbonyl (C=O) groups is 1. The molecule has 0 aromatic heterocycles. The summed E-state index contributed by atoms with van der Waals surface area (Å²) in [5.74, 6) is 0.597. The molecular weight excluding hydrogens is 328 g/mol. The van der Waals surface area contributed by atoms with Gasteiger partial charge in [-0.05, 0) is 34.7 Å². The first-order valence-corrected chi connectivity index (χ1v) is 7.66. The first-order valence-electron chi connectivity index (χ1n) is 6.87. The molecule has 2 aromatic carbocycles. The van der Waals surface area contributed by atoms with Crippen molar-refractivity contribution in [2.75, 3.05) is 0 Å². The average Bonchev–Trinajstić information content (AvgIpc) is 2.45. The fourth-order valence-corrected chi connectivity index (χ4v) is 2.33. The summed E-state index contributed by atoms with van der Waals surface area (Å²) in [5.41, 5.74) is 3.08. The number of rotatable bonds is 4. The van der Waals surface area contributed by atoms with Crippen LogP contribution in [0.3, 0.4) is 0 Å². The Morgan fingerprint density at radius 2 is 1.76 bits per heavy atom. The van der Waals surface area contributed by atoms with Gasteiger partial charge in [0, 0.05) is 4.47 Å².